The molecule has 4 heteroatoms. The number of hydrogen-bond donors (Lipinski definition) is 1. The molecule has 122 valence electrons. The Labute approximate surface area is 137 Å². The summed E-state index contributed by atoms with van der Waals surface area (Å²) in [5.74, 6) is 0.914. The van der Waals surface area contributed by atoms with Crippen LogP contribution in [0.2, 0.25) is 0 Å². The zero-order chi connectivity index (χ0) is 16.8. The van der Waals surface area contributed by atoms with Gasteiger partial charge in [-0.3, -0.25) is 9.69 Å². The van der Waals surface area contributed by atoms with E-state index >= 15 is 0 Å². The molecule has 0 saturated heterocycles. The summed E-state index contributed by atoms with van der Waals surface area (Å²) >= 11 is 0. The molecule has 0 spiro atoms. The largest absolute Gasteiger partial charge is 0.496 e. The molecule has 1 fully saturated rings. The van der Waals surface area contributed by atoms with Gasteiger partial charge in [-0.1, -0.05) is 12.1 Å². The molecule has 1 aliphatic carbocycles. The Morgan fingerprint density at radius 3 is 2.43 bits per heavy atom. The highest BCUT2D eigenvalue weighted by molar-refractivity contribution is 5.69. The van der Waals surface area contributed by atoms with Gasteiger partial charge in [0.15, 0.2) is 0 Å². The number of nitrogens with zero attached hydrogens (tertiary/aromatic N) is 1. The van der Waals surface area contributed by atoms with E-state index in [-0.39, 0.29) is 11.1 Å². The first-order valence-electron chi connectivity index (χ1n) is 7.96. The molecule has 4 nitrogen and oxygen atoms in total. The molecular weight excluding hydrogens is 288 g/mol. The maximum atomic E-state index is 11.7. The fourth-order valence-corrected chi connectivity index (χ4v) is 3.35. The first-order valence-corrected chi connectivity index (χ1v) is 7.96. The Morgan fingerprint density at radius 2 is 1.87 bits per heavy atom. The highest BCUT2D eigenvalue weighted by Gasteiger charge is 2.48. The van der Waals surface area contributed by atoms with Crippen LogP contribution < -0.4 is 10.3 Å². The second-order valence-electron chi connectivity index (χ2n) is 6.66. The fourth-order valence-electron chi connectivity index (χ4n) is 3.35. The van der Waals surface area contributed by atoms with Crippen LogP contribution in [0.25, 0.3) is 11.1 Å². The summed E-state index contributed by atoms with van der Waals surface area (Å²) in [5, 5.41) is 0. The van der Waals surface area contributed by atoms with Crippen molar-refractivity contribution < 1.29 is 4.74 Å². The summed E-state index contributed by atoms with van der Waals surface area (Å²) in [5.41, 5.74) is 5.04. The van der Waals surface area contributed by atoms with Crippen molar-refractivity contribution in [1.29, 1.82) is 0 Å². The van der Waals surface area contributed by atoms with E-state index in [0.29, 0.717) is 0 Å². The Kier molecular flexibility index (Phi) is 3.80. The monoisotopic (exact) mass is 312 g/mol. The lowest BCUT2D eigenvalue weighted by molar-refractivity contribution is 0.266. The zero-order valence-electron chi connectivity index (χ0n) is 14.5. The lowest BCUT2D eigenvalue weighted by Gasteiger charge is -2.26. The lowest BCUT2D eigenvalue weighted by atomic mass is 9.96. The van der Waals surface area contributed by atoms with Gasteiger partial charge in [0, 0.05) is 27.9 Å². The zero-order valence-corrected chi connectivity index (χ0v) is 14.5. The minimum absolute atomic E-state index is 0.0284. The van der Waals surface area contributed by atoms with Gasteiger partial charge in [0.1, 0.15) is 5.75 Å². The maximum absolute atomic E-state index is 11.7. The van der Waals surface area contributed by atoms with Gasteiger partial charge in [0.2, 0.25) is 0 Å². The van der Waals surface area contributed by atoms with Gasteiger partial charge >= 0.3 is 0 Å². The molecule has 0 amide bonds. The summed E-state index contributed by atoms with van der Waals surface area (Å²) in [6.07, 6.45) is 2.32. The Morgan fingerprint density at radius 1 is 1.17 bits per heavy atom. The molecule has 1 heterocycles. The van der Waals surface area contributed by atoms with Crippen LogP contribution in [0.5, 0.6) is 5.75 Å². The van der Waals surface area contributed by atoms with Crippen LogP contribution in [0.3, 0.4) is 0 Å². The van der Waals surface area contributed by atoms with E-state index in [1.54, 1.807) is 7.11 Å². The van der Waals surface area contributed by atoms with Crippen molar-refractivity contribution in [3.05, 3.63) is 51.4 Å². The summed E-state index contributed by atoms with van der Waals surface area (Å²) in [7, 11) is 5.96. The molecule has 1 aromatic heterocycles. The fraction of sp³-hybridized carbons (Fsp3) is 0.421. The molecule has 1 saturated carbocycles. The van der Waals surface area contributed by atoms with Crippen molar-refractivity contribution in [1.82, 2.24) is 9.88 Å². The van der Waals surface area contributed by atoms with E-state index in [0.717, 1.165) is 41.0 Å². The van der Waals surface area contributed by atoms with Gasteiger partial charge in [-0.15, -0.1) is 0 Å². The van der Waals surface area contributed by atoms with Gasteiger partial charge in [-0.2, -0.15) is 0 Å². The van der Waals surface area contributed by atoms with Crippen molar-refractivity contribution >= 4 is 0 Å². The van der Waals surface area contributed by atoms with Crippen LogP contribution in [-0.4, -0.2) is 31.1 Å². The molecule has 23 heavy (non-hydrogen) atoms. The van der Waals surface area contributed by atoms with Gasteiger partial charge < -0.3 is 9.72 Å². The molecule has 0 radical (unpaired) electrons. The van der Waals surface area contributed by atoms with Crippen molar-refractivity contribution in [2.24, 2.45) is 0 Å². The Balaban J connectivity index is 2.10. The SMILES string of the molecule is COc1cc(-c2cc(C)c(=O)[nH]c2C)ccc1C1(N(C)C)CC1. The molecule has 1 aliphatic rings. The minimum Gasteiger partial charge on any atom is -0.496 e. The molecule has 1 aromatic carbocycles. The number of benzene rings is 1. The van der Waals surface area contributed by atoms with Gasteiger partial charge in [-0.25, -0.2) is 0 Å². The summed E-state index contributed by atoms with van der Waals surface area (Å²) in [6, 6.07) is 8.32. The number of nitrogens with one attached hydrogen (secondary N) is 1. The summed E-state index contributed by atoms with van der Waals surface area (Å²) in [4.78, 5) is 16.9. The Hall–Kier alpha value is -2.07. The van der Waals surface area contributed by atoms with Crippen LogP contribution in [0.1, 0.15) is 29.7 Å². The quantitative estimate of drug-likeness (QED) is 0.943. The lowest BCUT2D eigenvalue weighted by Crippen LogP contribution is -2.28. The third-order valence-corrected chi connectivity index (χ3v) is 5.02. The van der Waals surface area contributed by atoms with Crippen molar-refractivity contribution in [3.63, 3.8) is 0 Å². The van der Waals surface area contributed by atoms with Crippen LogP contribution in [-0.2, 0) is 5.54 Å². The highest BCUT2D eigenvalue weighted by atomic mass is 16.5. The number of aromatic amines is 1. The average Bonchev–Trinajstić information content (AvgIpc) is 3.32. The number of aryl methyl sites for hydroxylation is 2. The van der Waals surface area contributed by atoms with E-state index in [9.17, 15) is 4.79 Å². The number of hydrogen-bond acceptors (Lipinski definition) is 3. The highest BCUT2D eigenvalue weighted by Crippen LogP contribution is 2.53. The predicted molar refractivity (Wildman–Crippen MR) is 93.1 cm³/mol. The normalized spacial score (nSPS) is 15.7. The average molecular weight is 312 g/mol. The predicted octanol–water partition coefficient (Wildman–Crippen LogP) is 3.22. The number of rotatable bonds is 4. The van der Waals surface area contributed by atoms with E-state index in [1.165, 1.54) is 5.56 Å². The molecule has 0 unspecified atom stereocenters. The van der Waals surface area contributed by atoms with Crippen LogP contribution in [0.15, 0.2) is 29.1 Å². The van der Waals surface area contributed by atoms with Gasteiger partial charge in [0.25, 0.3) is 5.56 Å². The molecule has 2 aromatic rings. The van der Waals surface area contributed by atoms with E-state index < -0.39 is 0 Å². The second-order valence-corrected chi connectivity index (χ2v) is 6.66. The van der Waals surface area contributed by atoms with Gasteiger partial charge in [0.05, 0.1) is 7.11 Å². The minimum atomic E-state index is -0.0284. The van der Waals surface area contributed by atoms with Crippen molar-refractivity contribution in [3.8, 4) is 16.9 Å². The van der Waals surface area contributed by atoms with Gasteiger partial charge in [-0.05, 0) is 58.5 Å². The number of H-pyrrole nitrogens is 1. The number of methoxy groups -OCH3 is 1. The second kappa shape index (κ2) is 5.53. The molecule has 0 atom stereocenters. The third-order valence-electron chi connectivity index (χ3n) is 5.02. The number of aromatic nitrogens is 1. The number of pyridine rings is 1. The van der Waals surface area contributed by atoms with Crippen molar-refractivity contribution in [2.45, 2.75) is 32.2 Å². The topological polar surface area (TPSA) is 45.3 Å². The van der Waals surface area contributed by atoms with Crippen LogP contribution in [0, 0.1) is 13.8 Å². The van der Waals surface area contributed by atoms with E-state index in [1.807, 2.05) is 19.9 Å². The molecular formula is C19H24N2O2. The molecule has 0 aliphatic heterocycles. The summed E-state index contributed by atoms with van der Waals surface area (Å²) < 4.78 is 5.68. The first-order chi connectivity index (χ1) is 10.9. The smallest absolute Gasteiger partial charge is 0.251 e. The van der Waals surface area contributed by atoms with Crippen LogP contribution in [0.4, 0.5) is 0 Å². The summed E-state index contributed by atoms with van der Waals surface area (Å²) in [6.45, 7) is 3.76. The Bertz CT molecular complexity index is 802. The molecule has 3 rings (SSSR count). The van der Waals surface area contributed by atoms with E-state index in [4.69, 9.17) is 4.74 Å². The van der Waals surface area contributed by atoms with Crippen LogP contribution >= 0.6 is 0 Å². The maximum Gasteiger partial charge on any atom is 0.251 e. The molecule has 1 N–H and O–H groups in total. The number of ether oxygens (including phenoxy) is 1. The third kappa shape index (κ3) is 2.57. The standard InChI is InChI=1S/C19H24N2O2/c1-12-10-15(13(2)20-18(12)22)14-6-7-16(17(11-14)23-5)19(8-9-19)21(3)4/h6-7,10-11H,8-9H2,1-5H3,(H,20,22). The molecule has 0 bridgehead atoms. The van der Waals surface area contributed by atoms with Crippen molar-refractivity contribution in [2.75, 3.05) is 21.2 Å². The first kappa shape index (κ1) is 15.8. The van der Waals surface area contributed by atoms with E-state index in [2.05, 4.69) is 42.2 Å².